The van der Waals surface area contributed by atoms with Crippen LogP contribution in [0.15, 0.2) is 39.6 Å². The minimum Gasteiger partial charge on any atom is -0.303 e. The van der Waals surface area contributed by atoms with Crippen molar-refractivity contribution in [3.8, 4) is 0 Å². The van der Waals surface area contributed by atoms with Crippen LogP contribution in [-0.2, 0) is 12.3 Å². The van der Waals surface area contributed by atoms with Gasteiger partial charge in [-0.2, -0.15) is 0 Å². The molecule has 3 aromatic rings. The summed E-state index contributed by atoms with van der Waals surface area (Å²) in [6, 6.07) is 6.29. The second kappa shape index (κ2) is 9.60. The lowest BCUT2D eigenvalue weighted by atomic mass is 10.1. The standard InChI is InChI=1S/C21H23ClFN3OS2/c22-17-13-16(23)6-5-15(17)14-29-21-24-18-7-12-28-19(18)20(27)26(21)11-4-10-25-8-2-1-3-9-25/h5-7,12-13H,1-4,8-11,14H2. The highest BCUT2D eigenvalue weighted by Gasteiger charge is 2.15. The molecule has 0 spiro atoms. The number of thioether (sulfide) groups is 1. The summed E-state index contributed by atoms with van der Waals surface area (Å²) in [7, 11) is 0. The van der Waals surface area contributed by atoms with Gasteiger partial charge in [0.05, 0.1) is 5.52 Å². The second-order valence-electron chi connectivity index (χ2n) is 7.27. The molecular formula is C21H23ClFN3OS2. The Morgan fingerprint density at radius 3 is 2.79 bits per heavy atom. The number of hydrogen-bond donors (Lipinski definition) is 0. The lowest BCUT2D eigenvalue weighted by Gasteiger charge is -2.26. The first kappa shape index (κ1) is 20.8. The first-order chi connectivity index (χ1) is 14.1. The van der Waals surface area contributed by atoms with Crippen LogP contribution in [-0.4, -0.2) is 34.1 Å². The van der Waals surface area contributed by atoms with Gasteiger partial charge in [0.2, 0.25) is 0 Å². The van der Waals surface area contributed by atoms with Gasteiger partial charge in [0.1, 0.15) is 10.5 Å². The zero-order valence-electron chi connectivity index (χ0n) is 16.1. The molecule has 1 fully saturated rings. The number of halogens is 2. The minimum atomic E-state index is -0.351. The fraction of sp³-hybridized carbons (Fsp3) is 0.429. The van der Waals surface area contributed by atoms with E-state index in [1.807, 2.05) is 11.4 Å². The van der Waals surface area contributed by atoms with Gasteiger partial charge in [0.25, 0.3) is 5.56 Å². The van der Waals surface area contributed by atoms with Crippen LogP contribution >= 0.6 is 34.7 Å². The molecule has 0 saturated carbocycles. The average Bonchev–Trinajstić information content (AvgIpc) is 3.19. The molecule has 8 heteroatoms. The number of hydrogen-bond acceptors (Lipinski definition) is 5. The fourth-order valence-electron chi connectivity index (χ4n) is 3.65. The van der Waals surface area contributed by atoms with Crippen molar-refractivity contribution in [1.82, 2.24) is 14.5 Å². The van der Waals surface area contributed by atoms with Crippen molar-refractivity contribution in [3.05, 3.63) is 56.4 Å². The van der Waals surface area contributed by atoms with E-state index >= 15 is 0 Å². The molecular weight excluding hydrogens is 429 g/mol. The van der Waals surface area contributed by atoms with Gasteiger partial charge in [0, 0.05) is 17.3 Å². The van der Waals surface area contributed by atoms with E-state index < -0.39 is 0 Å². The molecule has 0 radical (unpaired) electrons. The van der Waals surface area contributed by atoms with E-state index in [-0.39, 0.29) is 11.4 Å². The number of fused-ring (bicyclic) bond motifs is 1. The van der Waals surface area contributed by atoms with Gasteiger partial charge < -0.3 is 4.90 Å². The van der Waals surface area contributed by atoms with Gasteiger partial charge in [-0.1, -0.05) is 35.9 Å². The summed E-state index contributed by atoms with van der Waals surface area (Å²) < 4.78 is 15.8. The molecule has 4 rings (SSSR count). The van der Waals surface area contributed by atoms with Gasteiger partial charge in [0.15, 0.2) is 5.16 Å². The SMILES string of the molecule is O=c1c2sccc2nc(SCc2ccc(F)cc2Cl)n1CCCN1CCCCC1. The van der Waals surface area contributed by atoms with Crippen molar-refractivity contribution >= 4 is 44.9 Å². The maximum Gasteiger partial charge on any atom is 0.272 e. The van der Waals surface area contributed by atoms with Crippen LogP contribution < -0.4 is 5.56 Å². The normalized spacial score (nSPS) is 15.2. The summed E-state index contributed by atoms with van der Waals surface area (Å²) >= 11 is 9.08. The number of likely N-dealkylation sites (tertiary alicyclic amines) is 1. The Labute approximate surface area is 182 Å². The van der Waals surface area contributed by atoms with Crippen LogP contribution in [0.25, 0.3) is 10.2 Å². The number of benzene rings is 1. The molecule has 4 nitrogen and oxygen atoms in total. The van der Waals surface area contributed by atoms with Crippen LogP contribution in [0.5, 0.6) is 0 Å². The number of rotatable bonds is 7. The number of aromatic nitrogens is 2. The van der Waals surface area contributed by atoms with E-state index in [1.165, 1.54) is 54.5 Å². The van der Waals surface area contributed by atoms with Gasteiger partial charge in [-0.15, -0.1) is 11.3 Å². The molecule has 0 amide bonds. The zero-order valence-corrected chi connectivity index (χ0v) is 18.5. The molecule has 1 aliphatic heterocycles. The van der Waals surface area contributed by atoms with Crippen molar-refractivity contribution in [2.24, 2.45) is 0 Å². The van der Waals surface area contributed by atoms with Crippen LogP contribution in [0.3, 0.4) is 0 Å². The molecule has 0 bridgehead atoms. The Kier molecular flexibility index (Phi) is 6.90. The Morgan fingerprint density at radius 2 is 2.00 bits per heavy atom. The molecule has 1 saturated heterocycles. The molecule has 2 aromatic heterocycles. The Hall–Kier alpha value is -1.41. The van der Waals surface area contributed by atoms with Gasteiger partial charge in [-0.25, -0.2) is 9.37 Å². The van der Waals surface area contributed by atoms with E-state index in [2.05, 4.69) is 4.90 Å². The molecule has 29 heavy (non-hydrogen) atoms. The molecule has 0 N–H and O–H groups in total. The van der Waals surface area contributed by atoms with Crippen molar-refractivity contribution < 1.29 is 4.39 Å². The predicted molar refractivity (Wildman–Crippen MR) is 120 cm³/mol. The third-order valence-electron chi connectivity index (χ3n) is 5.21. The first-order valence-electron chi connectivity index (χ1n) is 9.89. The van der Waals surface area contributed by atoms with Gasteiger partial charge in [-0.05, 0) is 68.0 Å². The largest absolute Gasteiger partial charge is 0.303 e. The molecule has 0 unspecified atom stereocenters. The maximum absolute atomic E-state index is 13.3. The van der Waals surface area contributed by atoms with Gasteiger partial charge >= 0.3 is 0 Å². The summed E-state index contributed by atoms with van der Waals surface area (Å²) in [4.78, 5) is 20.3. The Morgan fingerprint density at radius 1 is 1.17 bits per heavy atom. The molecule has 3 heterocycles. The molecule has 1 aliphatic rings. The van der Waals surface area contributed by atoms with E-state index in [1.54, 1.807) is 10.6 Å². The Bertz CT molecular complexity index is 1050. The van der Waals surface area contributed by atoms with E-state index in [4.69, 9.17) is 16.6 Å². The summed E-state index contributed by atoms with van der Waals surface area (Å²) in [6.07, 6.45) is 4.77. The lowest BCUT2D eigenvalue weighted by Crippen LogP contribution is -2.32. The number of piperidine rings is 1. The summed E-state index contributed by atoms with van der Waals surface area (Å²) in [5.41, 5.74) is 1.59. The fourth-order valence-corrected chi connectivity index (χ4v) is 5.77. The highest BCUT2D eigenvalue weighted by atomic mass is 35.5. The highest BCUT2D eigenvalue weighted by molar-refractivity contribution is 7.98. The van der Waals surface area contributed by atoms with Crippen molar-refractivity contribution in [2.75, 3.05) is 19.6 Å². The molecule has 0 aliphatic carbocycles. The molecule has 0 atom stereocenters. The van der Waals surface area contributed by atoms with E-state index in [9.17, 15) is 9.18 Å². The van der Waals surface area contributed by atoms with E-state index in [0.717, 1.165) is 37.1 Å². The quantitative estimate of drug-likeness (QED) is 0.355. The summed E-state index contributed by atoms with van der Waals surface area (Å²) in [6.45, 7) is 3.96. The van der Waals surface area contributed by atoms with E-state index in [0.29, 0.717) is 27.2 Å². The van der Waals surface area contributed by atoms with Crippen LogP contribution in [0, 0.1) is 5.82 Å². The zero-order chi connectivity index (χ0) is 20.2. The van der Waals surface area contributed by atoms with Crippen LogP contribution in [0.1, 0.15) is 31.2 Å². The summed E-state index contributed by atoms with van der Waals surface area (Å²) in [5, 5.41) is 3.00. The van der Waals surface area contributed by atoms with Crippen LogP contribution in [0.4, 0.5) is 4.39 Å². The number of thiophene rings is 1. The molecule has 154 valence electrons. The van der Waals surface area contributed by atoms with Crippen molar-refractivity contribution in [2.45, 2.75) is 43.1 Å². The smallest absolute Gasteiger partial charge is 0.272 e. The average molecular weight is 452 g/mol. The number of nitrogens with zero attached hydrogens (tertiary/aromatic N) is 3. The predicted octanol–water partition coefficient (Wildman–Crippen LogP) is 5.42. The van der Waals surface area contributed by atoms with Crippen molar-refractivity contribution in [1.29, 1.82) is 0 Å². The Balaban J connectivity index is 1.52. The highest BCUT2D eigenvalue weighted by Crippen LogP contribution is 2.27. The van der Waals surface area contributed by atoms with Crippen LogP contribution in [0.2, 0.25) is 5.02 Å². The second-order valence-corrected chi connectivity index (χ2v) is 9.53. The third-order valence-corrected chi connectivity index (χ3v) is 7.48. The summed E-state index contributed by atoms with van der Waals surface area (Å²) in [5.74, 6) is 0.184. The first-order valence-corrected chi connectivity index (χ1v) is 12.1. The third kappa shape index (κ3) is 5.02. The van der Waals surface area contributed by atoms with Gasteiger partial charge in [-0.3, -0.25) is 9.36 Å². The minimum absolute atomic E-state index is 0.0244. The van der Waals surface area contributed by atoms with Crippen molar-refractivity contribution in [3.63, 3.8) is 0 Å². The maximum atomic E-state index is 13.3. The lowest BCUT2D eigenvalue weighted by molar-refractivity contribution is 0.221. The molecule has 1 aromatic carbocycles. The monoisotopic (exact) mass is 451 g/mol. The topological polar surface area (TPSA) is 38.1 Å².